The Morgan fingerprint density at radius 3 is 2.59 bits per heavy atom. The summed E-state index contributed by atoms with van der Waals surface area (Å²) in [7, 11) is -1.83. The Hall–Kier alpha value is -0.720. The number of thioether (sulfide) groups is 1. The lowest BCUT2D eigenvalue weighted by Crippen LogP contribution is -2.34. The molecule has 17 heavy (non-hydrogen) atoms. The number of rotatable bonds is 4. The Morgan fingerprint density at radius 1 is 1.35 bits per heavy atom. The summed E-state index contributed by atoms with van der Waals surface area (Å²) in [5.41, 5.74) is 0. The van der Waals surface area contributed by atoms with Gasteiger partial charge in [0.05, 0.1) is 12.0 Å². The Kier molecular flexibility index (Phi) is 3.96. The second-order valence-corrected chi connectivity index (χ2v) is 6.72. The van der Waals surface area contributed by atoms with Gasteiger partial charge in [-0.3, -0.25) is 0 Å². The number of hydrogen-bond donors (Lipinski definition) is 1. The van der Waals surface area contributed by atoms with Gasteiger partial charge in [-0.15, -0.1) is 0 Å². The van der Waals surface area contributed by atoms with Crippen LogP contribution in [0.25, 0.3) is 0 Å². The quantitative estimate of drug-likeness (QED) is 0.903. The molecule has 2 rings (SSSR count). The first-order valence-electron chi connectivity index (χ1n) is 5.36. The van der Waals surface area contributed by atoms with E-state index in [1.54, 1.807) is 43.1 Å². The SMILES string of the molecule is COc1ccc(S(=O)(=O)NC2CCSC2)cc1. The summed E-state index contributed by atoms with van der Waals surface area (Å²) in [6.07, 6.45) is 0.903. The average Bonchev–Trinajstić information content (AvgIpc) is 2.81. The number of nitrogens with one attached hydrogen (secondary N) is 1. The van der Waals surface area contributed by atoms with Crippen LogP contribution in [0.3, 0.4) is 0 Å². The van der Waals surface area contributed by atoms with Gasteiger partial charge in [0, 0.05) is 11.8 Å². The van der Waals surface area contributed by atoms with Crippen LogP contribution in [0.5, 0.6) is 5.75 Å². The summed E-state index contributed by atoms with van der Waals surface area (Å²) in [6, 6.07) is 6.48. The Balaban J connectivity index is 2.12. The molecule has 0 radical (unpaired) electrons. The van der Waals surface area contributed by atoms with Gasteiger partial charge in [-0.25, -0.2) is 13.1 Å². The van der Waals surface area contributed by atoms with E-state index < -0.39 is 10.0 Å². The molecule has 1 heterocycles. The van der Waals surface area contributed by atoms with Gasteiger partial charge in [-0.2, -0.15) is 11.8 Å². The molecule has 4 nitrogen and oxygen atoms in total. The number of ether oxygens (including phenoxy) is 1. The first-order chi connectivity index (χ1) is 8.12. The maximum atomic E-state index is 12.0. The van der Waals surface area contributed by atoms with Crippen molar-refractivity contribution in [3.8, 4) is 5.75 Å². The molecule has 1 unspecified atom stereocenters. The van der Waals surface area contributed by atoms with Crippen LogP contribution in [0.1, 0.15) is 6.42 Å². The predicted molar refractivity (Wildman–Crippen MR) is 69.0 cm³/mol. The molecule has 1 aromatic carbocycles. The summed E-state index contributed by atoms with van der Waals surface area (Å²) in [4.78, 5) is 0.287. The van der Waals surface area contributed by atoms with E-state index in [0.717, 1.165) is 17.9 Å². The summed E-state index contributed by atoms with van der Waals surface area (Å²) in [6.45, 7) is 0. The molecule has 0 bridgehead atoms. The third kappa shape index (κ3) is 3.14. The molecule has 1 aliphatic heterocycles. The fraction of sp³-hybridized carbons (Fsp3) is 0.455. The van der Waals surface area contributed by atoms with Gasteiger partial charge in [-0.05, 0) is 36.4 Å². The van der Waals surface area contributed by atoms with Crippen molar-refractivity contribution in [3.05, 3.63) is 24.3 Å². The summed E-state index contributed by atoms with van der Waals surface area (Å²) in [5, 5.41) is 0. The smallest absolute Gasteiger partial charge is 0.240 e. The average molecular weight is 273 g/mol. The lowest BCUT2D eigenvalue weighted by atomic mass is 10.3. The van der Waals surface area contributed by atoms with Gasteiger partial charge in [0.2, 0.25) is 10.0 Å². The van der Waals surface area contributed by atoms with Crippen molar-refractivity contribution >= 4 is 21.8 Å². The van der Waals surface area contributed by atoms with E-state index in [9.17, 15) is 8.42 Å². The van der Waals surface area contributed by atoms with Crippen molar-refractivity contribution in [1.82, 2.24) is 4.72 Å². The lowest BCUT2D eigenvalue weighted by Gasteiger charge is -2.12. The second kappa shape index (κ2) is 5.29. The van der Waals surface area contributed by atoms with Crippen molar-refractivity contribution in [3.63, 3.8) is 0 Å². The van der Waals surface area contributed by atoms with E-state index in [1.807, 2.05) is 0 Å². The summed E-state index contributed by atoms with van der Waals surface area (Å²) in [5.74, 6) is 2.53. The minimum Gasteiger partial charge on any atom is -0.497 e. The molecule has 6 heteroatoms. The molecule has 1 aromatic rings. The third-order valence-electron chi connectivity index (χ3n) is 2.62. The minimum atomic E-state index is -3.39. The van der Waals surface area contributed by atoms with Crippen LogP contribution in [0.15, 0.2) is 29.2 Å². The maximum Gasteiger partial charge on any atom is 0.240 e. The second-order valence-electron chi connectivity index (χ2n) is 3.86. The van der Waals surface area contributed by atoms with E-state index in [2.05, 4.69) is 4.72 Å². The zero-order valence-electron chi connectivity index (χ0n) is 9.55. The molecule has 1 saturated heterocycles. The first kappa shape index (κ1) is 12.7. The third-order valence-corrected chi connectivity index (χ3v) is 5.32. The highest BCUT2D eigenvalue weighted by molar-refractivity contribution is 7.99. The van der Waals surface area contributed by atoms with E-state index >= 15 is 0 Å². The molecule has 1 atom stereocenters. The van der Waals surface area contributed by atoms with Crippen LogP contribution in [0.4, 0.5) is 0 Å². The maximum absolute atomic E-state index is 12.0. The van der Waals surface area contributed by atoms with Crippen LogP contribution in [-0.2, 0) is 10.0 Å². The number of methoxy groups -OCH3 is 1. The monoisotopic (exact) mass is 273 g/mol. The molecule has 0 aromatic heterocycles. The number of hydrogen-bond acceptors (Lipinski definition) is 4. The Labute approximate surface area is 106 Å². The Morgan fingerprint density at radius 2 is 2.06 bits per heavy atom. The van der Waals surface area contributed by atoms with Crippen LogP contribution < -0.4 is 9.46 Å². The van der Waals surface area contributed by atoms with Crippen LogP contribution >= 0.6 is 11.8 Å². The molecule has 1 fully saturated rings. The van der Waals surface area contributed by atoms with E-state index in [4.69, 9.17) is 4.74 Å². The zero-order chi connectivity index (χ0) is 12.3. The fourth-order valence-corrected chi connectivity index (χ4v) is 4.20. The zero-order valence-corrected chi connectivity index (χ0v) is 11.2. The topological polar surface area (TPSA) is 55.4 Å². The highest BCUT2D eigenvalue weighted by atomic mass is 32.2. The number of sulfonamides is 1. The van der Waals surface area contributed by atoms with Crippen molar-refractivity contribution in [2.45, 2.75) is 17.4 Å². The van der Waals surface area contributed by atoms with Crippen LogP contribution in [-0.4, -0.2) is 33.1 Å². The molecule has 0 aliphatic carbocycles. The van der Waals surface area contributed by atoms with Crippen molar-refractivity contribution < 1.29 is 13.2 Å². The van der Waals surface area contributed by atoms with Crippen LogP contribution in [0.2, 0.25) is 0 Å². The molecular weight excluding hydrogens is 258 g/mol. The Bertz CT molecular complexity index is 464. The van der Waals surface area contributed by atoms with Gasteiger partial charge in [0.1, 0.15) is 5.75 Å². The summed E-state index contributed by atoms with van der Waals surface area (Å²) >= 11 is 1.78. The van der Waals surface area contributed by atoms with E-state index in [0.29, 0.717) is 5.75 Å². The van der Waals surface area contributed by atoms with Gasteiger partial charge in [0.15, 0.2) is 0 Å². The molecular formula is C11H15NO3S2. The molecule has 94 valence electrons. The van der Waals surface area contributed by atoms with Gasteiger partial charge in [-0.1, -0.05) is 0 Å². The standard InChI is InChI=1S/C11H15NO3S2/c1-15-10-2-4-11(5-3-10)17(13,14)12-9-6-7-16-8-9/h2-5,9,12H,6-8H2,1H3. The highest BCUT2D eigenvalue weighted by Gasteiger charge is 2.22. The normalized spacial score (nSPS) is 20.4. The lowest BCUT2D eigenvalue weighted by molar-refractivity contribution is 0.414. The molecule has 1 aliphatic rings. The fourth-order valence-electron chi connectivity index (χ4n) is 1.67. The highest BCUT2D eigenvalue weighted by Crippen LogP contribution is 2.20. The van der Waals surface area contributed by atoms with Crippen molar-refractivity contribution in [2.24, 2.45) is 0 Å². The van der Waals surface area contributed by atoms with Gasteiger partial charge < -0.3 is 4.74 Å². The minimum absolute atomic E-state index is 0.0621. The van der Waals surface area contributed by atoms with Gasteiger partial charge in [0.25, 0.3) is 0 Å². The molecule has 1 N–H and O–H groups in total. The molecule has 0 saturated carbocycles. The number of benzene rings is 1. The first-order valence-corrected chi connectivity index (χ1v) is 8.00. The van der Waals surface area contributed by atoms with Gasteiger partial charge >= 0.3 is 0 Å². The van der Waals surface area contributed by atoms with Crippen molar-refractivity contribution in [1.29, 1.82) is 0 Å². The summed E-state index contributed by atoms with van der Waals surface area (Å²) < 4.78 is 31.8. The molecule has 0 amide bonds. The molecule has 0 spiro atoms. The predicted octanol–water partition coefficient (Wildman–Crippen LogP) is 1.48. The largest absolute Gasteiger partial charge is 0.497 e. The van der Waals surface area contributed by atoms with E-state index in [1.165, 1.54) is 0 Å². The van der Waals surface area contributed by atoms with E-state index in [-0.39, 0.29) is 10.9 Å². The van der Waals surface area contributed by atoms with Crippen LogP contribution in [0, 0.1) is 0 Å². The van der Waals surface area contributed by atoms with Crippen molar-refractivity contribution in [2.75, 3.05) is 18.6 Å².